The summed E-state index contributed by atoms with van der Waals surface area (Å²) in [5.41, 5.74) is 11.1. The third kappa shape index (κ3) is 4.18. The van der Waals surface area contributed by atoms with Gasteiger partial charge in [-0.15, -0.1) is 0 Å². The van der Waals surface area contributed by atoms with Gasteiger partial charge in [-0.05, 0) is 67.1 Å². The third-order valence-electron chi connectivity index (χ3n) is 5.54. The van der Waals surface area contributed by atoms with E-state index in [0.717, 1.165) is 62.0 Å². The van der Waals surface area contributed by atoms with Crippen LogP contribution in [0.25, 0.3) is 16.5 Å². The van der Waals surface area contributed by atoms with E-state index < -0.39 is 0 Å². The van der Waals surface area contributed by atoms with E-state index in [2.05, 4.69) is 41.3 Å². The van der Waals surface area contributed by atoms with Gasteiger partial charge in [-0.3, -0.25) is 4.90 Å². The largest absolute Gasteiger partial charge is 0.423 e. The Morgan fingerprint density at radius 2 is 1.86 bits per heavy atom. The maximum absolute atomic E-state index is 11.4. The van der Waals surface area contributed by atoms with Gasteiger partial charge in [-0.2, -0.15) is 0 Å². The average Bonchev–Trinajstić information content (AvgIpc) is 2.73. The van der Waals surface area contributed by atoms with Crippen molar-refractivity contribution in [3.8, 4) is 0 Å². The van der Waals surface area contributed by atoms with Gasteiger partial charge in [0, 0.05) is 30.2 Å². The molecule has 0 fully saturated rings. The first-order chi connectivity index (χ1) is 13.7. The number of nitrogen functional groups attached to an aromatic ring is 1. The van der Waals surface area contributed by atoms with Crippen molar-refractivity contribution in [2.45, 2.75) is 25.7 Å². The zero-order valence-corrected chi connectivity index (χ0v) is 16.1. The van der Waals surface area contributed by atoms with Crippen molar-refractivity contribution in [2.24, 2.45) is 0 Å². The molecule has 4 heteroatoms. The lowest BCUT2D eigenvalue weighted by molar-refractivity contribution is 0.295. The summed E-state index contributed by atoms with van der Waals surface area (Å²) in [6, 6.07) is 17.6. The molecule has 2 heterocycles. The molecule has 28 heavy (non-hydrogen) atoms. The zero-order chi connectivity index (χ0) is 19.3. The minimum absolute atomic E-state index is 0.323. The first-order valence-corrected chi connectivity index (χ1v) is 9.99. The smallest absolute Gasteiger partial charge is 0.336 e. The Hall–Kier alpha value is -2.85. The highest BCUT2D eigenvalue weighted by Crippen LogP contribution is 2.26. The number of rotatable bonds is 6. The van der Waals surface area contributed by atoms with Crippen LogP contribution in [0.4, 0.5) is 5.69 Å². The Bertz CT molecular complexity index is 1040. The molecule has 0 saturated carbocycles. The van der Waals surface area contributed by atoms with Gasteiger partial charge in [0.05, 0.1) is 0 Å². The van der Waals surface area contributed by atoms with E-state index in [1.54, 1.807) is 6.07 Å². The molecule has 4 nitrogen and oxygen atoms in total. The standard InChI is InChI=1S/C24H26N2O2/c25-22-10-11-23-21(9-12-24(27)28-23)20(22)8-4-5-15-26-16-13-19(14-17-26)18-6-2-1-3-7-18/h1-3,6-7,9-13H,4-5,8,14-17,25H2. The second kappa shape index (κ2) is 8.44. The molecule has 0 bridgehead atoms. The number of nitrogens with two attached hydrogens (primary N) is 1. The molecule has 144 valence electrons. The monoisotopic (exact) mass is 374 g/mol. The Kier molecular flexibility index (Phi) is 5.58. The van der Waals surface area contributed by atoms with E-state index in [4.69, 9.17) is 10.2 Å². The molecule has 1 aromatic heterocycles. The van der Waals surface area contributed by atoms with Crippen LogP contribution in [0.3, 0.4) is 0 Å². The summed E-state index contributed by atoms with van der Waals surface area (Å²) in [5.74, 6) is 0. The summed E-state index contributed by atoms with van der Waals surface area (Å²) in [5, 5.41) is 0.952. The molecule has 2 N–H and O–H groups in total. The second-order valence-electron chi connectivity index (χ2n) is 7.40. The molecule has 3 aromatic rings. The number of unbranched alkanes of at least 4 members (excludes halogenated alkanes) is 1. The lowest BCUT2D eigenvalue weighted by Crippen LogP contribution is -2.29. The number of nitrogens with zero attached hydrogens (tertiary/aromatic N) is 1. The maximum Gasteiger partial charge on any atom is 0.336 e. The van der Waals surface area contributed by atoms with Gasteiger partial charge in [-0.25, -0.2) is 4.79 Å². The molecule has 0 aliphatic carbocycles. The van der Waals surface area contributed by atoms with E-state index in [0.29, 0.717) is 5.58 Å². The van der Waals surface area contributed by atoms with Crippen molar-refractivity contribution in [3.05, 3.63) is 82.2 Å². The highest BCUT2D eigenvalue weighted by molar-refractivity contribution is 5.85. The third-order valence-corrected chi connectivity index (χ3v) is 5.54. The molecule has 1 aliphatic heterocycles. The molecule has 2 aromatic carbocycles. The zero-order valence-electron chi connectivity index (χ0n) is 16.1. The van der Waals surface area contributed by atoms with Crippen molar-refractivity contribution in [1.29, 1.82) is 0 Å². The Balaban J connectivity index is 1.31. The lowest BCUT2D eigenvalue weighted by atomic mass is 9.99. The first-order valence-electron chi connectivity index (χ1n) is 9.99. The van der Waals surface area contributed by atoms with Gasteiger partial charge >= 0.3 is 5.63 Å². The van der Waals surface area contributed by atoms with Gasteiger partial charge < -0.3 is 10.2 Å². The molecule has 0 atom stereocenters. The van der Waals surface area contributed by atoms with Crippen LogP contribution < -0.4 is 11.4 Å². The fourth-order valence-electron chi connectivity index (χ4n) is 3.97. The van der Waals surface area contributed by atoms with Crippen molar-refractivity contribution < 1.29 is 4.42 Å². The molecule has 1 aliphatic rings. The van der Waals surface area contributed by atoms with E-state index in [1.165, 1.54) is 17.2 Å². The van der Waals surface area contributed by atoms with Crippen LogP contribution in [-0.4, -0.2) is 24.5 Å². The predicted octanol–water partition coefficient (Wildman–Crippen LogP) is 4.49. The van der Waals surface area contributed by atoms with Crippen molar-refractivity contribution in [2.75, 3.05) is 25.4 Å². The van der Waals surface area contributed by atoms with Gasteiger partial charge in [0.1, 0.15) is 5.58 Å². The van der Waals surface area contributed by atoms with E-state index in [9.17, 15) is 4.79 Å². The number of fused-ring (bicyclic) bond motifs is 1. The van der Waals surface area contributed by atoms with Gasteiger partial charge in [0.25, 0.3) is 0 Å². The van der Waals surface area contributed by atoms with Gasteiger partial charge in [-0.1, -0.05) is 36.4 Å². The molecule has 0 unspecified atom stereocenters. The van der Waals surface area contributed by atoms with Crippen molar-refractivity contribution >= 4 is 22.2 Å². The average molecular weight is 374 g/mol. The van der Waals surface area contributed by atoms with Crippen LogP contribution in [0.1, 0.15) is 30.4 Å². The summed E-state index contributed by atoms with van der Waals surface area (Å²) < 4.78 is 5.28. The molecular formula is C24H26N2O2. The molecular weight excluding hydrogens is 348 g/mol. The summed E-state index contributed by atoms with van der Waals surface area (Å²) in [7, 11) is 0. The number of benzene rings is 2. The minimum atomic E-state index is -0.323. The Labute approximate surface area is 165 Å². The van der Waals surface area contributed by atoms with E-state index in [1.807, 2.05) is 12.1 Å². The summed E-state index contributed by atoms with van der Waals surface area (Å²) in [4.78, 5) is 13.9. The Morgan fingerprint density at radius 1 is 1.00 bits per heavy atom. The quantitative estimate of drug-likeness (QED) is 0.392. The molecule has 0 radical (unpaired) electrons. The van der Waals surface area contributed by atoms with Crippen LogP contribution in [0.15, 0.2) is 69.9 Å². The van der Waals surface area contributed by atoms with Crippen molar-refractivity contribution in [3.63, 3.8) is 0 Å². The summed E-state index contributed by atoms with van der Waals surface area (Å²) in [6.07, 6.45) is 6.56. The van der Waals surface area contributed by atoms with Gasteiger partial charge in [0.15, 0.2) is 0 Å². The Morgan fingerprint density at radius 3 is 2.64 bits per heavy atom. The minimum Gasteiger partial charge on any atom is -0.423 e. The normalized spacial score (nSPS) is 14.9. The fourth-order valence-corrected chi connectivity index (χ4v) is 3.97. The first kappa shape index (κ1) is 18.5. The predicted molar refractivity (Wildman–Crippen MR) is 115 cm³/mol. The van der Waals surface area contributed by atoms with Crippen LogP contribution in [0, 0.1) is 0 Å². The fraction of sp³-hybridized carbons (Fsp3) is 0.292. The second-order valence-corrected chi connectivity index (χ2v) is 7.40. The highest BCUT2D eigenvalue weighted by atomic mass is 16.4. The van der Waals surface area contributed by atoms with Crippen molar-refractivity contribution in [1.82, 2.24) is 4.90 Å². The van der Waals surface area contributed by atoms with Crippen LogP contribution >= 0.6 is 0 Å². The van der Waals surface area contributed by atoms with Crippen LogP contribution in [0.5, 0.6) is 0 Å². The molecule has 0 spiro atoms. The molecule has 0 amide bonds. The summed E-state index contributed by atoms with van der Waals surface area (Å²) in [6.45, 7) is 3.23. The molecule has 4 rings (SSSR count). The molecule has 0 saturated heterocycles. The van der Waals surface area contributed by atoms with E-state index >= 15 is 0 Å². The van der Waals surface area contributed by atoms with Crippen LogP contribution in [0.2, 0.25) is 0 Å². The SMILES string of the molecule is Nc1ccc2oc(=O)ccc2c1CCCCN1CC=C(c2ccccc2)CC1. The van der Waals surface area contributed by atoms with Gasteiger partial charge in [0.2, 0.25) is 0 Å². The highest BCUT2D eigenvalue weighted by Gasteiger charge is 2.13. The number of hydrogen-bond donors (Lipinski definition) is 1. The number of hydrogen-bond acceptors (Lipinski definition) is 4. The number of anilines is 1. The number of aryl methyl sites for hydroxylation is 1. The van der Waals surface area contributed by atoms with Crippen LogP contribution in [-0.2, 0) is 6.42 Å². The maximum atomic E-state index is 11.4. The lowest BCUT2D eigenvalue weighted by Gasteiger charge is -2.26. The topological polar surface area (TPSA) is 59.5 Å². The van der Waals surface area contributed by atoms with E-state index in [-0.39, 0.29) is 5.63 Å². The summed E-state index contributed by atoms with van der Waals surface area (Å²) >= 11 is 0.